The maximum Gasteiger partial charge on any atom is 0.433 e. The number of nitrogens with zero attached hydrogens (tertiary/aromatic N) is 7. The van der Waals surface area contributed by atoms with E-state index in [2.05, 4.69) is 30.0 Å². The highest BCUT2D eigenvalue weighted by molar-refractivity contribution is 7.99. The summed E-state index contributed by atoms with van der Waals surface area (Å²) in [6, 6.07) is 2.72. The number of aromatic nitrogens is 6. The summed E-state index contributed by atoms with van der Waals surface area (Å²) in [7, 11) is 1.93. The first-order valence-electron chi connectivity index (χ1n) is 10.8. The van der Waals surface area contributed by atoms with Gasteiger partial charge in [0.25, 0.3) is 0 Å². The number of hydrogen-bond acceptors (Lipinski definition) is 7. The average Bonchev–Trinajstić information content (AvgIpc) is 3.16. The molecule has 1 aliphatic carbocycles. The van der Waals surface area contributed by atoms with Crippen LogP contribution in [-0.2, 0) is 18.6 Å². The second kappa shape index (κ2) is 9.43. The molecule has 12 heteroatoms. The lowest BCUT2D eigenvalue weighted by Crippen LogP contribution is -2.28. The van der Waals surface area contributed by atoms with Crippen LogP contribution in [0.4, 0.5) is 13.2 Å². The van der Waals surface area contributed by atoms with Crippen molar-refractivity contribution in [2.45, 2.75) is 36.5 Å². The zero-order valence-electron chi connectivity index (χ0n) is 18.8. The van der Waals surface area contributed by atoms with E-state index in [1.807, 2.05) is 18.5 Å². The largest absolute Gasteiger partial charge is 0.433 e. The Morgan fingerprint density at radius 1 is 1.12 bits per heavy atom. The molecule has 5 rings (SSSR count). The highest BCUT2D eigenvalue weighted by Crippen LogP contribution is 2.58. The van der Waals surface area contributed by atoms with Gasteiger partial charge in [-0.2, -0.15) is 13.2 Å². The van der Waals surface area contributed by atoms with E-state index in [4.69, 9.17) is 0 Å². The van der Waals surface area contributed by atoms with Crippen LogP contribution in [0.1, 0.15) is 29.8 Å². The van der Waals surface area contributed by atoms with Gasteiger partial charge in [0.2, 0.25) is 0 Å². The van der Waals surface area contributed by atoms with Gasteiger partial charge in [-0.05, 0) is 43.9 Å². The first-order valence-corrected chi connectivity index (χ1v) is 11.8. The standard InChI is InChI=1S/C22H24F3N7S.ClH/c1-14-9-27-17(11-26-14)19-29-30-20(31(19)2)33-7-3-6-32-12-16-8-21(16,13-32)15-4-5-18(28-10-15)22(23,24)25;/h4-5,9-11,16H,3,6-8,12-13H2,1-2H3;1H/t16-,21?;/m1./s1. The molecule has 0 spiro atoms. The van der Waals surface area contributed by atoms with E-state index in [1.165, 1.54) is 6.20 Å². The van der Waals surface area contributed by atoms with E-state index in [9.17, 15) is 13.2 Å². The predicted octanol–water partition coefficient (Wildman–Crippen LogP) is 4.17. The first kappa shape index (κ1) is 24.9. The maximum atomic E-state index is 12.8. The van der Waals surface area contributed by atoms with Crippen molar-refractivity contribution in [1.82, 2.24) is 34.6 Å². The molecule has 0 bridgehead atoms. The van der Waals surface area contributed by atoms with Gasteiger partial charge in [0.15, 0.2) is 11.0 Å². The second-order valence-electron chi connectivity index (χ2n) is 8.83. The van der Waals surface area contributed by atoms with Crippen LogP contribution in [0.5, 0.6) is 0 Å². The molecular weight excluding hydrogens is 487 g/mol. The van der Waals surface area contributed by atoms with E-state index < -0.39 is 11.9 Å². The van der Waals surface area contributed by atoms with Crippen LogP contribution < -0.4 is 0 Å². The first-order chi connectivity index (χ1) is 15.8. The Morgan fingerprint density at radius 3 is 2.62 bits per heavy atom. The van der Waals surface area contributed by atoms with Crippen LogP contribution in [0.3, 0.4) is 0 Å². The Bertz CT molecular complexity index is 1140. The van der Waals surface area contributed by atoms with E-state index in [1.54, 1.807) is 30.2 Å². The van der Waals surface area contributed by atoms with Crippen molar-refractivity contribution in [2.75, 3.05) is 25.4 Å². The molecule has 2 atom stereocenters. The van der Waals surface area contributed by atoms with Crippen molar-refractivity contribution in [2.24, 2.45) is 13.0 Å². The number of aryl methyl sites for hydroxylation is 1. The van der Waals surface area contributed by atoms with Crippen LogP contribution in [0.2, 0.25) is 0 Å². The number of alkyl halides is 3. The third-order valence-electron chi connectivity index (χ3n) is 6.54. The lowest BCUT2D eigenvalue weighted by molar-refractivity contribution is -0.141. The van der Waals surface area contributed by atoms with E-state index in [0.717, 1.165) is 60.7 Å². The fourth-order valence-corrected chi connectivity index (χ4v) is 5.52. The quantitative estimate of drug-likeness (QED) is 0.348. The number of pyridine rings is 1. The van der Waals surface area contributed by atoms with Crippen molar-refractivity contribution in [3.8, 4) is 11.5 Å². The average molecular weight is 512 g/mol. The van der Waals surface area contributed by atoms with Crippen LogP contribution in [0.25, 0.3) is 11.5 Å². The van der Waals surface area contributed by atoms with Gasteiger partial charge in [-0.3, -0.25) is 9.97 Å². The number of hydrogen-bond donors (Lipinski definition) is 0. The Hall–Kier alpha value is -2.24. The van der Waals surface area contributed by atoms with Gasteiger partial charge in [0.1, 0.15) is 11.4 Å². The number of likely N-dealkylation sites (tertiary alicyclic amines) is 1. The summed E-state index contributed by atoms with van der Waals surface area (Å²) in [5, 5.41) is 9.38. The highest BCUT2D eigenvalue weighted by Gasteiger charge is 2.60. The Kier molecular flexibility index (Phi) is 6.90. The second-order valence-corrected chi connectivity index (χ2v) is 9.89. The molecule has 7 nitrogen and oxygen atoms in total. The van der Waals surface area contributed by atoms with Gasteiger partial charge in [-0.25, -0.2) is 4.98 Å². The Labute approximate surface area is 206 Å². The smallest absolute Gasteiger partial charge is 0.304 e. The fraction of sp³-hybridized carbons (Fsp3) is 0.500. The van der Waals surface area contributed by atoms with Crippen molar-refractivity contribution in [3.63, 3.8) is 0 Å². The summed E-state index contributed by atoms with van der Waals surface area (Å²) in [4.78, 5) is 14.7. The van der Waals surface area contributed by atoms with Crippen LogP contribution >= 0.6 is 24.2 Å². The molecule has 0 amide bonds. The molecule has 1 unspecified atom stereocenters. The summed E-state index contributed by atoms with van der Waals surface area (Å²) in [5.74, 6) is 2.11. The molecule has 1 aliphatic heterocycles. The van der Waals surface area contributed by atoms with Gasteiger partial charge < -0.3 is 9.47 Å². The minimum absolute atomic E-state index is 0. The van der Waals surface area contributed by atoms with Crippen molar-refractivity contribution in [1.29, 1.82) is 0 Å². The molecular formula is C22H25ClF3N7S. The zero-order chi connectivity index (χ0) is 23.2. The summed E-state index contributed by atoms with van der Waals surface area (Å²) >= 11 is 1.66. The van der Waals surface area contributed by atoms with E-state index >= 15 is 0 Å². The summed E-state index contributed by atoms with van der Waals surface area (Å²) in [6.45, 7) is 4.72. The third kappa shape index (κ3) is 4.78. The van der Waals surface area contributed by atoms with Gasteiger partial charge in [0.05, 0.1) is 11.9 Å². The molecule has 1 saturated heterocycles. The molecule has 1 saturated carbocycles. The third-order valence-corrected chi connectivity index (χ3v) is 7.65. The Morgan fingerprint density at radius 2 is 1.94 bits per heavy atom. The lowest BCUT2D eigenvalue weighted by Gasteiger charge is -2.21. The lowest BCUT2D eigenvalue weighted by atomic mass is 9.96. The van der Waals surface area contributed by atoms with Crippen molar-refractivity contribution >= 4 is 24.2 Å². The van der Waals surface area contributed by atoms with Gasteiger partial charge >= 0.3 is 6.18 Å². The van der Waals surface area contributed by atoms with Crippen LogP contribution in [0.15, 0.2) is 35.9 Å². The minimum Gasteiger partial charge on any atom is -0.304 e. The highest BCUT2D eigenvalue weighted by atomic mass is 35.5. The van der Waals surface area contributed by atoms with Crippen molar-refractivity contribution < 1.29 is 13.2 Å². The molecule has 34 heavy (non-hydrogen) atoms. The summed E-state index contributed by atoms with van der Waals surface area (Å²) in [6.07, 6.45) is 2.47. The molecule has 3 aromatic heterocycles. The van der Waals surface area contributed by atoms with Gasteiger partial charge in [-0.15, -0.1) is 22.6 Å². The van der Waals surface area contributed by atoms with Crippen molar-refractivity contribution in [3.05, 3.63) is 47.7 Å². The van der Waals surface area contributed by atoms with E-state index in [0.29, 0.717) is 17.4 Å². The summed E-state index contributed by atoms with van der Waals surface area (Å²) < 4.78 is 40.3. The van der Waals surface area contributed by atoms with Crippen LogP contribution in [-0.4, -0.2) is 60.0 Å². The number of thioether (sulfide) groups is 1. The molecule has 4 heterocycles. The predicted molar refractivity (Wildman–Crippen MR) is 125 cm³/mol. The number of rotatable bonds is 7. The molecule has 2 aliphatic rings. The summed E-state index contributed by atoms with van der Waals surface area (Å²) in [5.41, 5.74) is 1.64. The molecule has 0 radical (unpaired) electrons. The molecule has 182 valence electrons. The monoisotopic (exact) mass is 511 g/mol. The van der Waals surface area contributed by atoms with Gasteiger partial charge in [0, 0.05) is 43.7 Å². The van der Waals surface area contributed by atoms with Crippen LogP contribution in [0, 0.1) is 12.8 Å². The molecule has 0 aromatic carbocycles. The Balaban J connectivity index is 0.00000274. The molecule has 2 fully saturated rings. The fourth-order valence-electron chi connectivity index (χ4n) is 4.68. The van der Waals surface area contributed by atoms with Gasteiger partial charge in [-0.1, -0.05) is 17.8 Å². The topological polar surface area (TPSA) is 72.6 Å². The number of piperidine rings is 1. The normalized spacial score (nSPS) is 21.9. The molecule has 0 N–H and O–H groups in total. The zero-order valence-corrected chi connectivity index (χ0v) is 20.4. The SMILES string of the molecule is Cc1cnc(-c2nnc(SCCCN3C[C@H]4CC4(c4ccc(C(F)(F)F)nc4)C3)n2C)cn1.Cl. The molecule has 3 aromatic rings. The minimum atomic E-state index is -4.39. The van der Waals surface area contributed by atoms with E-state index in [-0.39, 0.29) is 17.8 Å². The number of fused-ring (bicyclic) bond motifs is 1. The number of halogens is 4. The maximum absolute atomic E-state index is 12.8.